The number of hydrogen-bond donors (Lipinski definition) is 2. The van der Waals surface area contributed by atoms with Crippen LogP contribution in [0.2, 0.25) is 0 Å². The van der Waals surface area contributed by atoms with E-state index in [1.165, 1.54) is 7.11 Å². The van der Waals surface area contributed by atoms with E-state index < -0.39 is 12.1 Å². The molecule has 1 saturated heterocycles. The minimum atomic E-state index is -0.928. The van der Waals surface area contributed by atoms with Crippen molar-refractivity contribution in [2.75, 3.05) is 38.2 Å². The van der Waals surface area contributed by atoms with Crippen molar-refractivity contribution in [1.29, 1.82) is 0 Å². The predicted molar refractivity (Wildman–Crippen MR) is 70.0 cm³/mol. The van der Waals surface area contributed by atoms with Gasteiger partial charge in [0.2, 0.25) is 0 Å². The second-order valence-corrected chi connectivity index (χ2v) is 5.32. The first-order valence-corrected chi connectivity index (χ1v) is 7.14. The number of thioether (sulfide) groups is 1. The van der Waals surface area contributed by atoms with E-state index >= 15 is 0 Å². The molecule has 6 nitrogen and oxygen atoms in total. The molecular formula is C11H20N2O4S. The van der Waals surface area contributed by atoms with Crippen molar-refractivity contribution in [2.24, 2.45) is 0 Å². The Balaban J connectivity index is 2.31. The number of carboxylic acid groups (broad SMARTS) is 1. The Kier molecular flexibility index (Phi) is 6.89. The van der Waals surface area contributed by atoms with Crippen LogP contribution in [0.5, 0.6) is 0 Å². The lowest BCUT2D eigenvalue weighted by Crippen LogP contribution is -2.44. The number of amides is 2. The quantitative estimate of drug-likeness (QED) is 0.770. The van der Waals surface area contributed by atoms with Crippen LogP contribution in [0, 0.1) is 0 Å². The molecule has 1 atom stereocenters. The molecule has 0 aliphatic carbocycles. The van der Waals surface area contributed by atoms with Gasteiger partial charge in [-0.3, -0.25) is 4.79 Å². The number of carbonyl (C=O) groups is 2. The Hall–Kier alpha value is -0.950. The van der Waals surface area contributed by atoms with Crippen LogP contribution >= 0.6 is 11.8 Å². The number of nitrogens with one attached hydrogen (secondary N) is 1. The lowest BCUT2D eigenvalue weighted by atomic mass is 10.2. The fraction of sp³-hybridized carbons (Fsp3) is 0.818. The molecule has 0 aromatic rings. The predicted octanol–water partition coefficient (Wildman–Crippen LogP) is 0.625. The molecule has 0 spiro atoms. The first-order chi connectivity index (χ1) is 8.63. The van der Waals surface area contributed by atoms with Gasteiger partial charge in [0.15, 0.2) is 0 Å². The molecule has 0 saturated carbocycles. The number of hydrogen-bond acceptors (Lipinski definition) is 4. The Morgan fingerprint density at radius 3 is 2.89 bits per heavy atom. The van der Waals surface area contributed by atoms with Crippen molar-refractivity contribution in [3.8, 4) is 0 Å². The van der Waals surface area contributed by atoms with Gasteiger partial charge in [-0.05, 0) is 12.2 Å². The third kappa shape index (κ3) is 5.59. The maximum atomic E-state index is 11.9. The third-order valence-corrected chi connectivity index (χ3v) is 3.77. The Bertz CT molecular complexity index is 280. The molecule has 104 valence electrons. The zero-order valence-corrected chi connectivity index (χ0v) is 11.4. The van der Waals surface area contributed by atoms with E-state index in [0.29, 0.717) is 0 Å². The number of rotatable bonds is 5. The number of methoxy groups -OCH3 is 1. The van der Waals surface area contributed by atoms with Gasteiger partial charge >= 0.3 is 12.0 Å². The molecule has 18 heavy (non-hydrogen) atoms. The molecule has 1 fully saturated rings. The largest absolute Gasteiger partial charge is 0.481 e. The van der Waals surface area contributed by atoms with Gasteiger partial charge in [0.1, 0.15) is 0 Å². The number of carboxylic acids is 1. The molecule has 1 unspecified atom stereocenters. The summed E-state index contributed by atoms with van der Waals surface area (Å²) in [4.78, 5) is 24.2. The van der Waals surface area contributed by atoms with E-state index in [9.17, 15) is 9.59 Å². The van der Waals surface area contributed by atoms with E-state index in [2.05, 4.69) is 5.32 Å². The van der Waals surface area contributed by atoms with E-state index in [0.717, 1.165) is 31.0 Å². The smallest absolute Gasteiger partial charge is 0.317 e. The zero-order chi connectivity index (χ0) is 13.4. The van der Waals surface area contributed by atoms with E-state index in [-0.39, 0.29) is 19.0 Å². The first-order valence-electron chi connectivity index (χ1n) is 5.98. The Labute approximate surface area is 111 Å². The fourth-order valence-corrected chi connectivity index (χ4v) is 2.58. The van der Waals surface area contributed by atoms with Gasteiger partial charge in [-0.15, -0.1) is 0 Å². The van der Waals surface area contributed by atoms with Crippen LogP contribution in [-0.4, -0.2) is 66.4 Å². The zero-order valence-electron chi connectivity index (χ0n) is 10.6. The molecule has 0 aromatic carbocycles. The lowest BCUT2D eigenvalue weighted by Gasteiger charge is -2.22. The normalized spacial score (nSPS) is 17.9. The second-order valence-electron chi connectivity index (χ2n) is 4.09. The summed E-state index contributed by atoms with van der Waals surface area (Å²) in [6.07, 6.45) is 0.417. The minimum absolute atomic E-state index is 0.105. The number of carbonyl (C=O) groups excluding carboxylic acids is 1. The average molecular weight is 276 g/mol. The van der Waals surface area contributed by atoms with Crippen LogP contribution in [0.15, 0.2) is 0 Å². The van der Waals surface area contributed by atoms with E-state index in [4.69, 9.17) is 9.84 Å². The summed E-state index contributed by atoms with van der Waals surface area (Å²) in [7, 11) is 1.45. The second kappa shape index (κ2) is 8.20. The molecule has 0 aromatic heterocycles. The molecule has 7 heteroatoms. The summed E-state index contributed by atoms with van der Waals surface area (Å²) < 4.78 is 5.01. The summed E-state index contributed by atoms with van der Waals surface area (Å²) in [5.41, 5.74) is 0. The summed E-state index contributed by atoms with van der Waals surface area (Å²) in [6.45, 7) is 1.73. The minimum Gasteiger partial charge on any atom is -0.481 e. The van der Waals surface area contributed by atoms with Crippen LogP contribution in [0.3, 0.4) is 0 Å². The fourth-order valence-electron chi connectivity index (χ4n) is 1.70. The topological polar surface area (TPSA) is 78.9 Å². The van der Waals surface area contributed by atoms with E-state index in [1.54, 1.807) is 4.90 Å². The lowest BCUT2D eigenvalue weighted by molar-refractivity contribution is -0.139. The molecule has 0 radical (unpaired) electrons. The summed E-state index contributed by atoms with van der Waals surface area (Å²) >= 11 is 1.85. The highest BCUT2D eigenvalue weighted by molar-refractivity contribution is 7.99. The van der Waals surface area contributed by atoms with Crippen molar-refractivity contribution in [3.63, 3.8) is 0 Å². The molecule has 2 N–H and O–H groups in total. The highest BCUT2D eigenvalue weighted by Crippen LogP contribution is 2.09. The van der Waals surface area contributed by atoms with E-state index in [1.807, 2.05) is 11.8 Å². The van der Waals surface area contributed by atoms with Gasteiger partial charge in [0, 0.05) is 32.5 Å². The number of urea groups is 1. The molecule has 1 rings (SSSR count). The maximum Gasteiger partial charge on any atom is 0.317 e. The monoisotopic (exact) mass is 276 g/mol. The highest BCUT2D eigenvalue weighted by atomic mass is 32.2. The van der Waals surface area contributed by atoms with Crippen molar-refractivity contribution in [3.05, 3.63) is 0 Å². The first kappa shape index (κ1) is 15.1. The Morgan fingerprint density at radius 2 is 2.22 bits per heavy atom. The summed E-state index contributed by atoms with van der Waals surface area (Å²) in [6, 6.07) is -0.134. The van der Waals surface area contributed by atoms with Crippen LogP contribution in [0.25, 0.3) is 0 Å². The van der Waals surface area contributed by atoms with Crippen LogP contribution in [0.4, 0.5) is 4.79 Å². The molecular weight excluding hydrogens is 256 g/mol. The van der Waals surface area contributed by atoms with Crippen LogP contribution < -0.4 is 5.32 Å². The van der Waals surface area contributed by atoms with Gasteiger partial charge in [0.25, 0.3) is 0 Å². The van der Waals surface area contributed by atoms with Crippen molar-refractivity contribution < 1.29 is 19.4 Å². The highest BCUT2D eigenvalue weighted by Gasteiger charge is 2.18. The van der Waals surface area contributed by atoms with Gasteiger partial charge in [-0.25, -0.2) is 4.79 Å². The molecule has 1 aliphatic rings. The van der Waals surface area contributed by atoms with Crippen molar-refractivity contribution in [1.82, 2.24) is 10.2 Å². The number of nitrogens with zero attached hydrogens (tertiary/aromatic N) is 1. The van der Waals surface area contributed by atoms with Gasteiger partial charge in [0.05, 0.1) is 12.5 Å². The molecule has 1 heterocycles. The van der Waals surface area contributed by atoms with Crippen LogP contribution in [0.1, 0.15) is 12.8 Å². The Morgan fingerprint density at radius 1 is 1.44 bits per heavy atom. The van der Waals surface area contributed by atoms with Crippen molar-refractivity contribution >= 4 is 23.8 Å². The molecule has 1 aliphatic heterocycles. The number of aliphatic carboxylic acids is 1. The van der Waals surface area contributed by atoms with Gasteiger partial charge < -0.3 is 20.1 Å². The summed E-state index contributed by atoms with van der Waals surface area (Å²) in [5.74, 6) is 1.11. The average Bonchev–Trinajstić information content (AvgIpc) is 2.62. The number of ether oxygens (including phenoxy) is 1. The molecule has 2 amide bonds. The van der Waals surface area contributed by atoms with Gasteiger partial charge in [-0.1, -0.05) is 0 Å². The van der Waals surface area contributed by atoms with Gasteiger partial charge in [-0.2, -0.15) is 11.8 Å². The third-order valence-electron chi connectivity index (χ3n) is 2.73. The summed E-state index contributed by atoms with van der Waals surface area (Å²) in [5, 5.41) is 11.4. The molecule has 0 bridgehead atoms. The van der Waals surface area contributed by atoms with Crippen LogP contribution in [-0.2, 0) is 9.53 Å². The maximum absolute atomic E-state index is 11.9. The SMILES string of the molecule is COC(CNC(=O)N1CCCSCC1)CC(=O)O. The standard InChI is InChI=1S/C11H20N2O4S/c1-17-9(7-10(14)15)8-12-11(16)13-3-2-5-18-6-4-13/h9H,2-8H2,1H3,(H,12,16)(H,14,15). The van der Waals surface area contributed by atoms with Crippen molar-refractivity contribution in [2.45, 2.75) is 18.9 Å².